The Bertz CT molecular complexity index is 605. The number of piperazine rings is 1. The SMILES string of the molecule is CN(C)c1ccncc1C(=O)N1CCN(C2CC2)C(C#N)C1. The van der Waals surface area contributed by atoms with E-state index in [9.17, 15) is 10.1 Å². The molecule has 0 radical (unpaired) electrons. The number of carbonyl (C=O) groups is 1. The van der Waals surface area contributed by atoms with Gasteiger partial charge in [0.2, 0.25) is 0 Å². The smallest absolute Gasteiger partial charge is 0.257 e. The van der Waals surface area contributed by atoms with Crippen molar-refractivity contribution in [1.29, 1.82) is 5.26 Å². The Kier molecular flexibility index (Phi) is 3.99. The standard InChI is InChI=1S/C16H21N5O/c1-19(2)15-5-6-18-10-14(15)16(22)20-7-8-21(12-3-4-12)13(9-17)11-20/h5-6,10,12-13H,3-4,7-8,11H2,1-2H3. The summed E-state index contributed by atoms with van der Waals surface area (Å²) >= 11 is 0. The highest BCUT2D eigenvalue weighted by atomic mass is 16.2. The molecule has 22 heavy (non-hydrogen) atoms. The van der Waals surface area contributed by atoms with E-state index in [1.165, 1.54) is 12.8 Å². The molecule has 1 amide bonds. The van der Waals surface area contributed by atoms with Crippen molar-refractivity contribution >= 4 is 11.6 Å². The van der Waals surface area contributed by atoms with E-state index in [2.05, 4.69) is 16.0 Å². The number of rotatable bonds is 3. The predicted molar refractivity (Wildman–Crippen MR) is 83.6 cm³/mol. The van der Waals surface area contributed by atoms with E-state index < -0.39 is 0 Å². The number of hydrogen-bond acceptors (Lipinski definition) is 5. The number of carbonyl (C=O) groups excluding carboxylic acids is 1. The molecule has 2 fully saturated rings. The van der Waals surface area contributed by atoms with Crippen LogP contribution in [0.4, 0.5) is 5.69 Å². The Morgan fingerprint density at radius 2 is 2.18 bits per heavy atom. The van der Waals surface area contributed by atoms with Gasteiger partial charge in [0, 0.05) is 52.2 Å². The van der Waals surface area contributed by atoms with Gasteiger partial charge < -0.3 is 9.80 Å². The molecule has 2 heterocycles. The van der Waals surface area contributed by atoms with Crippen LogP contribution in [-0.2, 0) is 0 Å². The summed E-state index contributed by atoms with van der Waals surface area (Å²) < 4.78 is 0. The van der Waals surface area contributed by atoms with Crippen LogP contribution in [0, 0.1) is 11.3 Å². The van der Waals surface area contributed by atoms with Gasteiger partial charge in [-0.2, -0.15) is 5.26 Å². The quantitative estimate of drug-likeness (QED) is 0.832. The minimum atomic E-state index is -0.190. The van der Waals surface area contributed by atoms with Crippen molar-refractivity contribution in [2.24, 2.45) is 0 Å². The van der Waals surface area contributed by atoms with Crippen molar-refractivity contribution in [3.63, 3.8) is 0 Å². The van der Waals surface area contributed by atoms with E-state index in [1.54, 1.807) is 17.3 Å². The molecule has 1 aromatic heterocycles. The third-order valence-electron chi connectivity index (χ3n) is 4.38. The van der Waals surface area contributed by atoms with Crippen molar-refractivity contribution in [2.75, 3.05) is 38.6 Å². The zero-order valence-corrected chi connectivity index (χ0v) is 13.1. The zero-order valence-electron chi connectivity index (χ0n) is 13.1. The Balaban J connectivity index is 1.77. The Labute approximate surface area is 130 Å². The van der Waals surface area contributed by atoms with Crippen LogP contribution in [0.2, 0.25) is 0 Å². The van der Waals surface area contributed by atoms with Crippen LogP contribution in [0.15, 0.2) is 18.5 Å². The molecule has 1 unspecified atom stereocenters. The summed E-state index contributed by atoms with van der Waals surface area (Å²) in [5, 5.41) is 9.40. The normalized spacial score (nSPS) is 22.2. The van der Waals surface area contributed by atoms with E-state index >= 15 is 0 Å². The lowest BCUT2D eigenvalue weighted by molar-refractivity contribution is 0.0551. The maximum atomic E-state index is 12.8. The van der Waals surface area contributed by atoms with E-state index in [-0.39, 0.29) is 11.9 Å². The molecule has 1 saturated heterocycles. The highest BCUT2D eigenvalue weighted by Gasteiger charge is 2.38. The third-order valence-corrected chi connectivity index (χ3v) is 4.38. The van der Waals surface area contributed by atoms with Gasteiger partial charge in [-0.3, -0.25) is 14.7 Å². The van der Waals surface area contributed by atoms with Gasteiger partial charge in [0.25, 0.3) is 5.91 Å². The van der Waals surface area contributed by atoms with Crippen molar-refractivity contribution in [3.05, 3.63) is 24.0 Å². The number of anilines is 1. The first-order valence-corrected chi connectivity index (χ1v) is 7.67. The lowest BCUT2D eigenvalue weighted by atomic mass is 10.1. The largest absolute Gasteiger partial charge is 0.377 e. The lowest BCUT2D eigenvalue weighted by Crippen LogP contribution is -2.55. The summed E-state index contributed by atoms with van der Waals surface area (Å²) in [6, 6.07) is 4.56. The highest BCUT2D eigenvalue weighted by Crippen LogP contribution is 2.30. The third kappa shape index (κ3) is 2.77. The van der Waals surface area contributed by atoms with Crippen LogP contribution in [0.1, 0.15) is 23.2 Å². The molecule has 1 aliphatic carbocycles. The number of hydrogen-bond donors (Lipinski definition) is 0. The summed E-state index contributed by atoms with van der Waals surface area (Å²) in [7, 11) is 3.82. The highest BCUT2D eigenvalue weighted by molar-refractivity contribution is 5.99. The van der Waals surface area contributed by atoms with Gasteiger partial charge in [-0.15, -0.1) is 0 Å². The lowest BCUT2D eigenvalue weighted by Gasteiger charge is -2.38. The van der Waals surface area contributed by atoms with Gasteiger partial charge >= 0.3 is 0 Å². The van der Waals surface area contributed by atoms with Crippen LogP contribution < -0.4 is 4.90 Å². The van der Waals surface area contributed by atoms with Gasteiger partial charge in [-0.05, 0) is 18.9 Å². The van der Waals surface area contributed by atoms with Gasteiger partial charge in [0.05, 0.1) is 17.3 Å². The second-order valence-corrected chi connectivity index (χ2v) is 6.15. The fourth-order valence-corrected chi connectivity index (χ4v) is 3.05. The zero-order chi connectivity index (χ0) is 15.7. The molecule has 1 aromatic rings. The average Bonchev–Trinajstić information content (AvgIpc) is 3.38. The molecular formula is C16H21N5O. The molecule has 1 aliphatic heterocycles. The number of nitrogens with zero attached hydrogens (tertiary/aromatic N) is 5. The van der Waals surface area contributed by atoms with Crippen LogP contribution in [0.5, 0.6) is 0 Å². The van der Waals surface area contributed by atoms with Crippen molar-refractivity contribution in [2.45, 2.75) is 24.9 Å². The molecule has 3 rings (SSSR count). The van der Waals surface area contributed by atoms with Crippen LogP contribution in [-0.4, -0.2) is 66.5 Å². The van der Waals surface area contributed by atoms with E-state index in [4.69, 9.17) is 0 Å². The molecule has 2 aliphatic rings. The van der Waals surface area contributed by atoms with Crippen LogP contribution >= 0.6 is 0 Å². The minimum absolute atomic E-state index is 0.0347. The maximum Gasteiger partial charge on any atom is 0.257 e. The van der Waals surface area contributed by atoms with Crippen LogP contribution in [0.3, 0.4) is 0 Å². The van der Waals surface area contributed by atoms with Crippen molar-refractivity contribution in [3.8, 4) is 6.07 Å². The van der Waals surface area contributed by atoms with Gasteiger partial charge in [-0.25, -0.2) is 0 Å². The van der Waals surface area contributed by atoms with Crippen molar-refractivity contribution in [1.82, 2.24) is 14.8 Å². The monoisotopic (exact) mass is 299 g/mol. The number of aromatic nitrogens is 1. The minimum Gasteiger partial charge on any atom is -0.377 e. The molecule has 0 spiro atoms. The topological polar surface area (TPSA) is 63.5 Å². The molecule has 0 N–H and O–H groups in total. The summed E-state index contributed by atoms with van der Waals surface area (Å²) in [5.74, 6) is -0.0347. The van der Waals surface area contributed by atoms with Gasteiger partial charge in [0.15, 0.2) is 0 Å². The molecule has 6 nitrogen and oxygen atoms in total. The fraction of sp³-hybridized carbons (Fsp3) is 0.562. The van der Waals surface area contributed by atoms with E-state index in [1.807, 2.05) is 25.1 Å². The Hall–Kier alpha value is -2.13. The van der Waals surface area contributed by atoms with E-state index in [0.29, 0.717) is 24.7 Å². The molecular weight excluding hydrogens is 278 g/mol. The summed E-state index contributed by atoms with van der Waals surface area (Å²) in [5.41, 5.74) is 1.46. The molecule has 6 heteroatoms. The summed E-state index contributed by atoms with van der Waals surface area (Å²) in [6.07, 6.45) is 5.67. The Morgan fingerprint density at radius 3 is 2.82 bits per heavy atom. The molecule has 116 valence electrons. The average molecular weight is 299 g/mol. The maximum absolute atomic E-state index is 12.8. The second kappa shape index (κ2) is 5.93. The molecule has 0 bridgehead atoms. The number of nitriles is 1. The summed E-state index contributed by atoms with van der Waals surface area (Å²) in [4.78, 5) is 22.8. The van der Waals surface area contributed by atoms with Gasteiger partial charge in [0.1, 0.15) is 6.04 Å². The van der Waals surface area contributed by atoms with Gasteiger partial charge in [-0.1, -0.05) is 0 Å². The number of pyridine rings is 1. The first-order valence-electron chi connectivity index (χ1n) is 7.67. The predicted octanol–water partition coefficient (Wildman–Crippen LogP) is 0.960. The Morgan fingerprint density at radius 1 is 1.41 bits per heavy atom. The molecule has 0 aromatic carbocycles. The first-order chi connectivity index (χ1) is 10.6. The first kappa shape index (κ1) is 14.8. The summed E-state index contributed by atoms with van der Waals surface area (Å²) in [6.45, 7) is 1.94. The molecule has 1 saturated carbocycles. The van der Waals surface area contributed by atoms with Crippen LogP contribution in [0.25, 0.3) is 0 Å². The van der Waals surface area contributed by atoms with Crippen molar-refractivity contribution < 1.29 is 4.79 Å². The van der Waals surface area contributed by atoms with E-state index in [0.717, 1.165) is 12.2 Å². The molecule has 1 atom stereocenters. The fourth-order valence-electron chi connectivity index (χ4n) is 3.05. The second-order valence-electron chi connectivity index (χ2n) is 6.15. The number of amides is 1.